The van der Waals surface area contributed by atoms with Crippen molar-refractivity contribution in [2.24, 2.45) is 5.92 Å². The summed E-state index contributed by atoms with van der Waals surface area (Å²) in [5.74, 6) is 0.987. The lowest BCUT2D eigenvalue weighted by Crippen LogP contribution is -2.36. The van der Waals surface area contributed by atoms with Crippen LogP contribution >= 0.6 is 0 Å². The molecule has 6 rings (SSSR count). The molecule has 0 amide bonds. The van der Waals surface area contributed by atoms with Crippen molar-refractivity contribution in [3.05, 3.63) is 114 Å². The number of carbonyl (C=O) groups is 2. The SMILES string of the molecule is Cc1c(C(=O)Cc2ccc(N3CCC(COc4ccccc4C(=O)O)CC3)nc2)oc2ccc(-c3ccccc3)cc12. The van der Waals surface area contributed by atoms with Gasteiger partial charge in [-0.3, -0.25) is 4.79 Å². The second kappa shape index (κ2) is 11.9. The zero-order chi connectivity index (χ0) is 29.1. The molecule has 1 fully saturated rings. The molecular weight excluding hydrogens is 528 g/mol. The maximum Gasteiger partial charge on any atom is 0.339 e. The van der Waals surface area contributed by atoms with Crippen LogP contribution in [0.5, 0.6) is 5.75 Å². The van der Waals surface area contributed by atoms with Gasteiger partial charge < -0.3 is 19.2 Å². The van der Waals surface area contributed by atoms with E-state index < -0.39 is 5.97 Å². The van der Waals surface area contributed by atoms with Gasteiger partial charge in [-0.15, -0.1) is 0 Å². The van der Waals surface area contributed by atoms with Crippen LogP contribution in [0, 0.1) is 12.8 Å². The van der Waals surface area contributed by atoms with Gasteiger partial charge in [0.15, 0.2) is 5.76 Å². The molecule has 0 unspecified atom stereocenters. The number of aromatic nitrogens is 1. The average Bonchev–Trinajstić information content (AvgIpc) is 3.37. The zero-order valence-corrected chi connectivity index (χ0v) is 23.5. The first-order valence-electron chi connectivity index (χ1n) is 14.2. The van der Waals surface area contributed by atoms with Crippen LogP contribution in [-0.4, -0.2) is 41.5 Å². The summed E-state index contributed by atoms with van der Waals surface area (Å²) in [6.07, 6.45) is 3.84. The molecule has 42 heavy (non-hydrogen) atoms. The number of piperidine rings is 1. The smallest absolute Gasteiger partial charge is 0.339 e. The van der Waals surface area contributed by atoms with Crippen LogP contribution in [0.3, 0.4) is 0 Å². The highest BCUT2D eigenvalue weighted by Crippen LogP contribution is 2.31. The first kappa shape index (κ1) is 27.3. The highest BCUT2D eigenvalue weighted by molar-refractivity contribution is 6.02. The number of para-hydroxylation sites is 1. The Kier molecular flexibility index (Phi) is 7.73. The molecule has 212 valence electrons. The minimum Gasteiger partial charge on any atom is -0.492 e. The van der Waals surface area contributed by atoms with Crippen LogP contribution in [0.15, 0.2) is 95.5 Å². The van der Waals surface area contributed by atoms with E-state index in [0.29, 0.717) is 29.6 Å². The number of ketones is 1. The highest BCUT2D eigenvalue weighted by atomic mass is 16.5. The van der Waals surface area contributed by atoms with Crippen molar-refractivity contribution in [3.8, 4) is 16.9 Å². The second-order valence-electron chi connectivity index (χ2n) is 10.8. The van der Waals surface area contributed by atoms with Gasteiger partial charge in [0.05, 0.1) is 6.61 Å². The standard InChI is InChI=1S/C35H32N2O5/c1-23-29-20-27(26-7-3-2-4-8-26)12-13-32(29)42-34(23)30(38)19-25-11-14-33(36-21-25)37-17-15-24(16-18-37)22-41-31-10-6-5-9-28(31)35(39)40/h2-14,20-21,24H,15-19,22H2,1H3,(H,39,40). The molecule has 7 nitrogen and oxygen atoms in total. The number of furan rings is 1. The number of carbonyl (C=O) groups excluding carboxylic acids is 1. The minimum atomic E-state index is -0.984. The lowest BCUT2D eigenvalue weighted by molar-refractivity contribution is 0.0690. The lowest BCUT2D eigenvalue weighted by atomic mass is 9.97. The van der Waals surface area contributed by atoms with Crippen molar-refractivity contribution < 1.29 is 23.8 Å². The van der Waals surface area contributed by atoms with E-state index >= 15 is 0 Å². The van der Waals surface area contributed by atoms with Gasteiger partial charge in [-0.2, -0.15) is 0 Å². The number of hydrogen-bond donors (Lipinski definition) is 1. The Morgan fingerprint density at radius 3 is 2.45 bits per heavy atom. The molecule has 0 bridgehead atoms. The van der Waals surface area contributed by atoms with E-state index in [1.807, 2.05) is 49.4 Å². The number of Topliss-reactive ketones (excluding diaryl/α,β-unsaturated/α-hetero) is 1. The van der Waals surface area contributed by atoms with E-state index in [4.69, 9.17) is 9.15 Å². The van der Waals surface area contributed by atoms with E-state index in [0.717, 1.165) is 59.4 Å². The molecule has 0 atom stereocenters. The van der Waals surface area contributed by atoms with E-state index in [1.165, 1.54) is 0 Å². The minimum absolute atomic E-state index is 0.0650. The number of ether oxygens (including phenoxy) is 1. The quantitative estimate of drug-likeness (QED) is 0.190. The number of nitrogens with zero attached hydrogens (tertiary/aromatic N) is 2. The van der Waals surface area contributed by atoms with Crippen molar-refractivity contribution in [1.29, 1.82) is 0 Å². The molecular formula is C35H32N2O5. The Morgan fingerprint density at radius 1 is 0.952 bits per heavy atom. The summed E-state index contributed by atoms with van der Waals surface area (Å²) in [5.41, 5.74) is 4.81. The molecule has 7 heteroatoms. The fourth-order valence-corrected chi connectivity index (χ4v) is 5.58. The Hall–Kier alpha value is -4.91. The summed E-state index contributed by atoms with van der Waals surface area (Å²) in [4.78, 5) is 31.5. The molecule has 0 radical (unpaired) electrons. The van der Waals surface area contributed by atoms with Crippen molar-refractivity contribution >= 4 is 28.5 Å². The monoisotopic (exact) mass is 560 g/mol. The Morgan fingerprint density at radius 2 is 1.71 bits per heavy atom. The lowest BCUT2D eigenvalue weighted by Gasteiger charge is -2.32. The molecule has 2 aromatic heterocycles. The van der Waals surface area contributed by atoms with Gasteiger partial charge in [0, 0.05) is 36.7 Å². The second-order valence-corrected chi connectivity index (χ2v) is 10.8. The highest BCUT2D eigenvalue weighted by Gasteiger charge is 2.23. The van der Waals surface area contributed by atoms with Gasteiger partial charge in [-0.25, -0.2) is 9.78 Å². The van der Waals surface area contributed by atoms with Crippen LogP contribution < -0.4 is 9.64 Å². The normalized spacial score (nSPS) is 13.8. The van der Waals surface area contributed by atoms with E-state index in [1.54, 1.807) is 30.5 Å². The molecule has 0 spiro atoms. The number of benzene rings is 3. The topological polar surface area (TPSA) is 92.9 Å². The third-order valence-electron chi connectivity index (χ3n) is 8.00. The first-order chi connectivity index (χ1) is 20.5. The van der Waals surface area contributed by atoms with Gasteiger partial charge >= 0.3 is 5.97 Å². The molecule has 3 aromatic carbocycles. The number of rotatable bonds is 9. The maximum absolute atomic E-state index is 13.2. The molecule has 0 saturated carbocycles. The number of aryl methyl sites for hydroxylation is 1. The summed E-state index contributed by atoms with van der Waals surface area (Å²) in [7, 11) is 0. The van der Waals surface area contributed by atoms with Crippen LogP contribution in [0.1, 0.15) is 44.9 Å². The Balaban J connectivity index is 1.05. The van der Waals surface area contributed by atoms with Gasteiger partial charge in [0.2, 0.25) is 5.78 Å². The van der Waals surface area contributed by atoms with Crippen LogP contribution in [0.2, 0.25) is 0 Å². The molecule has 1 aliphatic heterocycles. The fraction of sp³-hybridized carbons (Fsp3) is 0.229. The van der Waals surface area contributed by atoms with Gasteiger partial charge in [-0.05, 0) is 72.7 Å². The van der Waals surface area contributed by atoms with Crippen molar-refractivity contribution in [1.82, 2.24) is 4.98 Å². The predicted molar refractivity (Wildman–Crippen MR) is 162 cm³/mol. The largest absolute Gasteiger partial charge is 0.492 e. The van der Waals surface area contributed by atoms with Crippen LogP contribution in [0.4, 0.5) is 5.82 Å². The van der Waals surface area contributed by atoms with Crippen molar-refractivity contribution in [2.75, 3.05) is 24.6 Å². The van der Waals surface area contributed by atoms with Crippen LogP contribution in [0.25, 0.3) is 22.1 Å². The van der Waals surface area contributed by atoms with Crippen molar-refractivity contribution in [3.63, 3.8) is 0 Å². The third-order valence-corrected chi connectivity index (χ3v) is 8.00. The van der Waals surface area contributed by atoms with E-state index in [-0.39, 0.29) is 17.8 Å². The summed E-state index contributed by atoms with van der Waals surface area (Å²) in [6, 6.07) is 26.9. The molecule has 5 aromatic rings. The first-order valence-corrected chi connectivity index (χ1v) is 14.2. The summed E-state index contributed by atoms with van der Waals surface area (Å²) in [6.45, 7) is 4.10. The zero-order valence-electron chi connectivity index (χ0n) is 23.5. The van der Waals surface area contributed by atoms with Gasteiger partial charge in [-0.1, -0.05) is 54.6 Å². The fourth-order valence-electron chi connectivity index (χ4n) is 5.58. The van der Waals surface area contributed by atoms with Crippen LogP contribution in [-0.2, 0) is 6.42 Å². The van der Waals surface area contributed by atoms with E-state index in [9.17, 15) is 14.7 Å². The number of pyridine rings is 1. The molecule has 1 saturated heterocycles. The maximum atomic E-state index is 13.2. The molecule has 0 aliphatic carbocycles. The van der Waals surface area contributed by atoms with Gasteiger partial charge in [0.1, 0.15) is 22.7 Å². The molecule has 1 aliphatic rings. The number of carboxylic acid groups (broad SMARTS) is 1. The van der Waals surface area contributed by atoms with Crippen molar-refractivity contribution in [2.45, 2.75) is 26.2 Å². The summed E-state index contributed by atoms with van der Waals surface area (Å²) >= 11 is 0. The van der Waals surface area contributed by atoms with E-state index in [2.05, 4.69) is 28.1 Å². The molecule has 3 heterocycles. The molecule has 1 N–H and O–H groups in total. The average molecular weight is 561 g/mol. The number of hydrogen-bond acceptors (Lipinski definition) is 6. The Labute approximate surface area is 244 Å². The third kappa shape index (κ3) is 5.77. The number of carboxylic acids is 1. The number of anilines is 1. The van der Waals surface area contributed by atoms with Gasteiger partial charge in [0.25, 0.3) is 0 Å². The summed E-state index contributed by atoms with van der Waals surface area (Å²) in [5, 5.41) is 10.3. The Bertz CT molecular complexity index is 1720. The summed E-state index contributed by atoms with van der Waals surface area (Å²) < 4.78 is 11.9. The number of aromatic carboxylic acids is 1. The number of fused-ring (bicyclic) bond motifs is 1. The predicted octanol–water partition coefficient (Wildman–Crippen LogP) is 7.22.